The Labute approximate surface area is 121 Å². The minimum atomic E-state index is -1.00. The van der Waals surface area contributed by atoms with Gasteiger partial charge in [0.25, 0.3) is 0 Å². The zero-order valence-corrected chi connectivity index (χ0v) is 12.7. The molecule has 1 unspecified atom stereocenters. The first kappa shape index (κ1) is 17.4. The van der Waals surface area contributed by atoms with Crippen LogP contribution >= 0.6 is 0 Å². The van der Waals surface area contributed by atoms with E-state index in [0.717, 1.165) is 32.5 Å². The molecule has 1 rings (SSSR count). The van der Waals surface area contributed by atoms with E-state index in [2.05, 4.69) is 9.64 Å². The van der Waals surface area contributed by atoms with E-state index in [0.29, 0.717) is 13.2 Å². The topological polar surface area (TPSA) is 68.2 Å². The molecule has 1 atom stereocenters. The third kappa shape index (κ3) is 5.36. The van der Waals surface area contributed by atoms with Gasteiger partial charge in [0, 0.05) is 19.8 Å². The molecule has 0 aliphatic carbocycles. The molecule has 6 heteroatoms. The van der Waals surface area contributed by atoms with E-state index in [4.69, 9.17) is 9.47 Å². The van der Waals surface area contributed by atoms with Crippen molar-refractivity contribution in [1.82, 2.24) is 4.90 Å². The van der Waals surface area contributed by atoms with Crippen LogP contribution in [0.25, 0.3) is 0 Å². The molecule has 1 aliphatic heterocycles. The number of nitrogens with zero attached hydrogens (tertiary/aromatic N) is 1. The first-order chi connectivity index (χ1) is 9.62. The molecule has 118 valence electrons. The molecular weight excluding hydrogens is 262 g/mol. The van der Waals surface area contributed by atoms with Crippen LogP contribution in [0.3, 0.4) is 0 Å². The third-order valence-electron chi connectivity index (χ3n) is 3.63. The molecule has 0 saturated carbocycles. The lowest BCUT2D eigenvalue weighted by Crippen LogP contribution is -2.44. The Morgan fingerprint density at radius 3 is 2.25 bits per heavy atom. The van der Waals surface area contributed by atoms with Crippen LogP contribution in [-0.4, -0.2) is 68.3 Å². The molecule has 0 aromatic carbocycles. The second-order valence-corrected chi connectivity index (χ2v) is 4.95. The number of esters is 1. The van der Waals surface area contributed by atoms with Crippen molar-refractivity contribution in [3.63, 3.8) is 0 Å². The molecular formula is C14H27NO5. The number of carbonyl (C=O) groups is 1. The fourth-order valence-corrected chi connectivity index (χ4v) is 2.50. The number of aliphatic hydroxyl groups excluding tert-OH is 1. The Morgan fingerprint density at radius 2 is 1.80 bits per heavy atom. The number of hydrogen-bond donors (Lipinski definition) is 1. The van der Waals surface area contributed by atoms with Crippen molar-refractivity contribution in [3.05, 3.63) is 0 Å². The number of hydrogen-bond acceptors (Lipinski definition) is 6. The Morgan fingerprint density at radius 1 is 1.25 bits per heavy atom. The second-order valence-electron chi connectivity index (χ2n) is 4.95. The van der Waals surface area contributed by atoms with E-state index in [-0.39, 0.29) is 12.2 Å². The van der Waals surface area contributed by atoms with Gasteiger partial charge in [0.15, 0.2) is 12.4 Å². The summed E-state index contributed by atoms with van der Waals surface area (Å²) >= 11 is 0. The van der Waals surface area contributed by atoms with Gasteiger partial charge < -0.3 is 19.3 Å². The van der Waals surface area contributed by atoms with E-state index >= 15 is 0 Å². The van der Waals surface area contributed by atoms with Gasteiger partial charge >= 0.3 is 5.97 Å². The molecule has 0 aromatic heterocycles. The van der Waals surface area contributed by atoms with Crippen molar-refractivity contribution >= 4 is 5.97 Å². The maximum atomic E-state index is 11.3. The Balaban J connectivity index is 2.35. The molecule has 0 bridgehead atoms. The van der Waals surface area contributed by atoms with Crippen LogP contribution in [0.4, 0.5) is 0 Å². The van der Waals surface area contributed by atoms with Crippen LogP contribution in [0.2, 0.25) is 0 Å². The van der Waals surface area contributed by atoms with E-state index in [1.54, 1.807) is 0 Å². The van der Waals surface area contributed by atoms with Crippen molar-refractivity contribution in [2.75, 3.05) is 40.0 Å². The van der Waals surface area contributed by atoms with Gasteiger partial charge in [-0.05, 0) is 45.7 Å². The number of rotatable bonds is 8. The molecule has 1 aliphatic rings. The molecule has 6 nitrogen and oxygen atoms in total. The fraction of sp³-hybridized carbons (Fsp3) is 0.929. The molecule has 0 radical (unpaired) electrons. The van der Waals surface area contributed by atoms with Crippen LogP contribution in [0, 0.1) is 5.92 Å². The van der Waals surface area contributed by atoms with Gasteiger partial charge in [0.05, 0.1) is 7.11 Å². The molecule has 1 heterocycles. The van der Waals surface area contributed by atoms with Gasteiger partial charge in [-0.25, -0.2) is 4.79 Å². The number of piperidine rings is 1. The van der Waals surface area contributed by atoms with Crippen molar-refractivity contribution in [2.24, 2.45) is 5.92 Å². The van der Waals surface area contributed by atoms with Gasteiger partial charge in [0.2, 0.25) is 0 Å². The minimum Gasteiger partial charge on any atom is -0.467 e. The number of ether oxygens (including phenoxy) is 3. The summed E-state index contributed by atoms with van der Waals surface area (Å²) in [6.45, 7) is 7.54. The predicted molar refractivity (Wildman–Crippen MR) is 74.2 cm³/mol. The highest BCUT2D eigenvalue weighted by atomic mass is 16.7. The van der Waals surface area contributed by atoms with Crippen LogP contribution in [0.1, 0.15) is 26.7 Å². The standard InChI is InChI=1S/C14H27NO5/c1-4-19-12(20-5-2)10-15-8-6-11(7-9-15)13(16)14(17)18-3/h11-13,16H,4-10H2,1-3H3. The summed E-state index contributed by atoms with van der Waals surface area (Å²) in [5.41, 5.74) is 0. The van der Waals surface area contributed by atoms with Gasteiger partial charge in [-0.15, -0.1) is 0 Å². The van der Waals surface area contributed by atoms with Crippen molar-refractivity contribution in [3.8, 4) is 0 Å². The molecule has 20 heavy (non-hydrogen) atoms. The molecule has 1 fully saturated rings. The number of aliphatic hydroxyl groups is 1. The third-order valence-corrected chi connectivity index (χ3v) is 3.63. The maximum absolute atomic E-state index is 11.3. The van der Waals surface area contributed by atoms with Crippen LogP contribution in [-0.2, 0) is 19.0 Å². The largest absolute Gasteiger partial charge is 0.467 e. The molecule has 1 N–H and O–H groups in total. The Bertz CT molecular complexity index is 273. The SMILES string of the molecule is CCOC(CN1CCC(C(O)C(=O)OC)CC1)OCC. The molecule has 1 saturated heterocycles. The van der Waals surface area contributed by atoms with E-state index in [9.17, 15) is 9.90 Å². The van der Waals surface area contributed by atoms with Gasteiger partial charge in [-0.3, -0.25) is 4.90 Å². The summed E-state index contributed by atoms with van der Waals surface area (Å²) in [4.78, 5) is 13.6. The molecule has 0 aromatic rings. The van der Waals surface area contributed by atoms with Crippen molar-refractivity contribution < 1.29 is 24.1 Å². The minimum absolute atomic E-state index is 0.0173. The predicted octanol–water partition coefficient (Wildman–Crippen LogP) is 0.631. The highest BCUT2D eigenvalue weighted by Crippen LogP contribution is 2.21. The maximum Gasteiger partial charge on any atom is 0.334 e. The fourth-order valence-electron chi connectivity index (χ4n) is 2.50. The average Bonchev–Trinajstić information content (AvgIpc) is 2.47. The lowest BCUT2D eigenvalue weighted by molar-refractivity contribution is -0.158. The normalized spacial score (nSPS) is 19.2. The quantitative estimate of drug-likeness (QED) is 0.522. The summed E-state index contributed by atoms with van der Waals surface area (Å²) in [6.07, 6.45) is 0.353. The average molecular weight is 289 g/mol. The second kappa shape index (κ2) is 9.28. The lowest BCUT2D eigenvalue weighted by Gasteiger charge is -2.34. The number of methoxy groups -OCH3 is 1. The van der Waals surface area contributed by atoms with Gasteiger partial charge in [-0.1, -0.05) is 0 Å². The molecule has 0 amide bonds. The summed E-state index contributed by atoms with van der Waals surface area (Å²) in [5.74, 6) is -0.554. The van der Waals surface area contributed by atoms with Crippen molar-refractivity contribution in [1.29, 1.82) is 0 Å². The van der Waals surface area contributed by atoms with Crippen LogP contribution in [0.15, 0.2) is 0 Å². The Hall–Kier alpha value is -0.690. The van der Waals surface area contributed by atoms with E-state index in [1.807, 2.05) is 13.8 Å². The Kier molecular flexibility index (Phi) is 8.06. The first-order valence-electron chi connectivity index (χ1n) is 7.33. The van der Waals surface area contributed by atoms with Gasteiger partial charge in [-0.2, -0.15) is 0 Å². The summed E-state index contributed by atoms with van der Waals surface area (Å²) in [7, 11) is 1.30. The smallest absolute Gasteiger partial charge is 0.334 e. The molecule has 0 spiro atoms. The number of carbonyl (C=O) groups excluding carboxylic acids is 1. The summed E-state index contributed by atoms with van der Waals surface area (Å²) < 4.78 is 15.6. The van der Waals surface area contributed by atoms with E-state index in [1.165, 1.54) is 7.11 Å². The van der Waals surface area contributed by atoms with E-state index < -0.39 is 12.1 Å². The summed E-state index contributed by atoms with van der Waals surface area (Å²) in [6, 6.07) is 0. The van der Waals surface area contributed by atoms with Gasteiger partial charge in [0.1, 0.15) is 0 Å². The zero-order valence-electron chi connectivity index (χ0n) is 12.7. The summed E-state index contributed by atoms with van der Waals surface area (Å²) in [5, 5.41) is 9.84. The zero-order chi connectivity index (χ0) is 15.0. The van der Waals surface area contributed by atoms with Crippen molar-refractivity contribution in [2.45, 2.75) is 39.1 Å². The lowest BCUT2D eigenvalue weighted by atomic mass is 9.91. The monoisotopic (exact) mass is 289 g/mol. The highest BCUT2D eigenvalue weighted by Gasteiger charge is 2.31. The van der Waals surface area contributed by atoms with Crippen LogP contribution in [0.5, 0.6) is 0 Å². The highest BCUT2D eigenvalue weighted by molar-refractivity contribution is 5.74. The van der Waals surface area contributed by atoms with Crippen LogP contribution < -0.4 is 0 Å². The number of likely N-dealkylation sites (tertiary alicyclic amines) is 1. The first-order valence-corrected chi connectivity index (χ1v) is 7.33.